The lowest BCUT2D eigenvalue weighted by atomic mass is 9.94. The number of benzene rings is 1. The first-order chi connectivity index (χ1) is 12.4. The second-order valence-electron chi connectivity index (χ2n) is 6.58. The molecule has 140 valence electrons. The van der Waals surface area contributed by atoms with Crippen LogP contribution in [0.2, 0.25) is 0 Å². The lowest BCUT2D eigenvalue weighted by Crippen LogP contribution is -2.23. The van der Waals surface area contributed by atoms with Crippen LogP contribution in [0.5, 0.6) is 0 Å². The molecule has 1 aromatic carbocycles. The second kappa shape index (κ2) is 7.61. The zero-order valence-electron chi connectivity index (χ0n) is 14.1. The van der Waals surface area contributed by atoms with Gasteiger partial charge in [-0.15, -0.1) is 0 Å². The number of hydrogen-bond acceptors (Lipinski definition) is 3. The van der Waals surface area contributed by atoms with E-state index in [-0.39, 0.29) is 11.6 Å². The van der Waals surface area contributed by atoms with Crippen molar-refractivity contribution >= 4 is 5.69 Å². The molecule has 1 heterocycles. The number of aliphatic hydroxyl groups is 1. The van der Waals surface area contributed by atoms with E-state index in [9.17, 15) is 22.7 Å². The number of rotatable bonds is 4. The highest BCUT2D eigenvalue weighted by molar-refractivity contribution is 5.53. The fourth-order valence-electron chi connectivity index (χ4n) is 3.33. The van der Waals surface area contributed by atoms with E-state index in [4.69, 9.17) is 0 Å². The third-order valence-corrected chi connectivity index (χ3v) is 4.72. The van der Waals surface area contributed by atoms with E-state index in [1.807, 2.05) is 0 Å². The minimum atomic E-state index is -4.82. The molecule has 3 nitrogen and oxygen atoms in total. The third kappa shape index (κ3) is 4.15. The summed E-state index contributed by atoms with van der Waals surface area (Å²) < 4.78 is 52.3. The van der Waals surface area contributed by atoms with Gasteiger partial charge in [0.1, 0.15) is 11.9 Å². The Bertz CT molecular complexity index is 757. The van der Waals surface area contributed by atoms with E-state index in [0.717, 1.165) is 37.8 Å². The zero-order valence-corrected chi connectivity index (χ0v) is 14.1. The third-order valence-electron chi connectivity index (χ3n) is 4.72. The number of alkyl halides is 3. The summed E-state index contributed by atoms with van der Waals surface area (Å²) >= 11 is 0. The van der Waals surface area contributed by atoms with Crippen molar-refractivity contribution in [1.29, 1.82) is 0 Å². The Morgan fingerprint density at radius 1 is 1.12 bits per heavy atom. The number of pyridine rings is 1. The van der Waals surface area contributed by atoms with Crippen molar-refractivity contribution < 1.29 is 22.7 Å². The Balaban J connectivity index is 1.89. The molecule has 0 bridgehead atoms. The standard InChI is InChI=1S/C19H20F4N2O/c20-16-7-6-12(10-15(16)19(21,22)23)18(26)14-11-24-9-8-17(14)25-13-4-2-1-3-5-13/h6-11,13,18,26H,1-5H2,(H,24,25). The largest absolute Gasteiger partial charge is 0.419 e. The summed E-state index contributed by atoms with van der Waals surface area (Å²) in [5, 5.41) is 14.0. The molecule has 1 atom stereocenters. The average Bonchev–Trinajstić information content (AvgIpc) is 2.62. The summed E-state index contributed by atoms with van der Waals surface area (Å²) in [6, 6.07) is 4.49. The van der Waals surface area contributed by atoms with Crippen LogP contribution in [0.15, 0.2) is 36.7 Å². The molecule has 0 saturated heterocycles. The fourth-order valence-corrected chi connectivity index (χ4v) is 3.33. The van der Waals surface area contributed by atoms with Gasteiger partial charge in [-0.05, 0) is 36.6 Å². The van der Waals surface area contributed by atoms with Crippen molar-refractivity contribution in [3.8, 4) is 0 Å². The lowest BCUT2D eigenvalue weighted by Gasteiger charge is -2.26. The molecule has 2 aromatic rings. The summed E-state index contributed by atoms with van der Waals surface area (Å²) in [6.07, 6.45) is 2.27. The molecule has 1 aliphatic rings. The van der Waals surface area contributed by atoms with Gasteiger partial charge in [0.15, 0.2) is 0 Å². The maximum atomic E-state index is 13.5. The molecule has 1 unspecified atom stereocenters. The molecular formula is C19H20F4N2O. The molecule has 7 heteroatoms. The molecule has 2 N–H and O–H groups in total. The van der Waals surface area contributed by atoms with Crippen molar-refractivity contribution in [3.63, 3.8) is 0 Å². The van der Waals surface area contributed by atoms with Gasteiger partial charge >= 0.3 is 6.18 Å². The molecule has 0 aliphatic heterocycles. The summed E-state index contributed by atoms with van der Waals surface area (Å²) in [4.78, 5) is 3.98. The van der Waals surface area contributed by atoms with Crippen molar-refractivity contribution in [2.24, 2.45) is 0 Å². The molecule has 3 rings (SSSR count). The van der Waals surface area contributed by atoms with Crippen LogP contribution >= 0.6 is 0 Å². The summed E-state index contributed by atoms with van der Waals surface area (Å²) in [5.74, 6) is -1.36. The van der Waals surface area contributed by atoms with Gasteiger partial charge in [0.2, 0.25) is 0 Å². The number of anilines is 1. The van der Waals surface area contributed by atoms with Crippen LogP contribution in [0.3, 0.4) is 0 Å². The van der Waals surface area contributed by atoms with Gasteiger partial charge < -0.3 is 10.4 Å². The molecule has 0 amide bonds. The molecule has 1 fully saturated rings. The van der Waals surface area contributed by atoms with E-state index in [1.54, 1.807) is 12.3 Å². The smallest absolute Gasteiger partial charge is 0.384 e. The molecule has 26 heavy (non-hydrogen) atoms. The summed E-state index contributed by atoms with van der Waals surface area (Å²) in [5.41, 5.74) is -0.409. The van der Waals surface area contributed by atoms with Crippen molar-refractivity contribution in [1.82, 2.24) is 4.98 Å². The van der Waals surface area contributed by atoms with Gasteiger partial charge in [-0.1, -0.05) is 25.3 Å². The number of hydrogen-bond donors (Lipinski definition) is 2. The van der Waals surface area contributed by atoms with Gasteiger partial charge in [0, 0.05) is 29.7 Å². The maximum Gasteiger partial charge on any atom is 0.419 e. The molecule has 1 aromatic heterocycles. The van der Waals surface area contributed by atoms with Gasteiger partial charge in [0.05, 0.1) is 5.56 Å². The summed E-state index contributed by atoms with van der Waals surface area (Å²) in [7, 11) is 0. The van der Waals surface area contributed by atoms with E-state index < -0.39 is 23.7 Å². The second-order valence-corrected chi connectivity index (χ2v) is 6.58. The Labute approximate surface area is 149 Å². The van der Waals surface area contributed by atoms with E-state index in [1.165, 1.54) is 12.6 Å². The van der Waals surface area contributed by atoms with Crippen molar-refractivity contribution in [2.45, 2.75) is 50.4 Å². The SMILES string of the molecule is OC(c1ccc(F)c(C(F)(F)F)c1)c1cnccc1NC1CCCCC1. The molecule has 0 spiro atoms. The Hall–Kier alpha value is -2.15. The lowest BCUT2D eigenvalue weighted by molar-refractivity contribution is -0.140. The Morgan fingerprint density at radius 2 is 1.85 bits per heavy atom. The minimum Gasteiger partial charge on any atom is -0.384 e. The van der Waals surface area contributed by atoms with Crippen molar-refractivity contribution in [3.05, 3.63) is 59.2 Å². The van der Waals surface area contributed by atoms with Crippen LogP contribution in [0, 0.1) is 5.82 Å². The Kier molecular flexibility index (Phi) is 5.46. The minimum absolute atomic E-state index is 0.0292. The predicted octanol–water partition coefficient (Wildman–Crippen LogP) is 5.07. The van der Waals surface area contributed by atoms with E-state index in [0.29, 0.717) is 17.3 Å². The summed E-state index contributed by atoms with van der Waals surface area (Å²) in [6.45, 7) is 0. The number of aromatic nitrogens is 1. The molecule has 1 saturated carbocycles. The molecular weight excluding hydrogens is 348 g/mol. The average molecular weight is 368 g/mol. The predicted molar refractivity (Wildman–Crippen MR) is 90.2 cm³/mol. The highest BCUT2D eigenvalue weighted by atomic mass is 19.4. The van der Waals surface area contributed by atoms with Crippen molar-refractivity contribution in [2.75, 3.05) is 5.32 Å². The molecule has 1 aliphatic carbocycles. The number of nitrogens with zero attached hydrogens (tertiary/aromatic N) is 1. The van der Waals surface area contributed by atoms with Crippen LogP contribution in [0.25, 0.3) is 0 Å². The number of halogens is 4. The monoisotopic (exact) mass is 368 g/mol. The van der Waals surface area contributed by atoms with Gasteiger partial charge in [-0.2, -0.15) is 13.2 Å². The first-order valence-electron chi connectivity index (χ1n) is 8.61. The first-order valence-corrected chi connectivity index (χ1v) is 8.61. The topological polar surface area (TPSA) is 45.2 Å². The van der Waals surface area contributed by atoms with Crippen LogP contribution in [-0.2, 0) is 6.18 Å². The fraction of sp³-hybridized carbons (Fsp3) is 0.421. The highest BCUT2D eigenvalue weighted by Gasteiger charge is 2.35. The number of aliphatic hydroxyl groups excluding tert-OH is 1. The van der Waals surface area contributed by atoms with E-state index >= 15 is 0 Å². The van der Waals surface area contributed by atoms with Crippen LogP contribution in [0.4, 0.5) is 23.2 Å². The number of nitrogens with one attached hydrogen (secondary N) is 1. The van der Waals surface area contributed by atoms with Crippen LogP contribution in [0.1, 0.15) is 54.9 Å². The Morgan fingerprint density at radius 3 is 2.54 bits per heavy atom. The zero-order chi connectivity index (χ0) is 18.7. The van der Waals surface area contributed by atoms with Gasteiger partial charge in [-0.25, -0.2) is 4.39 Å². The van der Waals surface area contributed by atoms with Crippen LogP contribution in [-0.4, -0.2) is 16.1 Å². The normalized spacial score (nSPS) is 17.1. The molecule has 0 radical (unpaired) electrons. The van der Waals surface area contributed by atoms with Crippen LogP contribution < -0.4 is 5.32 Å². The van der Waals surface area contributed by atoms with Gasteiger partial charge in [-0.3, -0.25) is 4.98 Å². The van der Waals surface area contributed by atoms with E-state index in [2.05, 4.69) is 10.3 Å². The van der Waals surface area contributed by atoms with Gasteiger partial charge in [0.25, 0.3) is 0 Å². The first kappa shape index (κ1) is 18.6. The maximum absolute atomic E-state index is 13.5. The highest BCUT2D eigenvalue weighted by Crippen LogP contribution is 2.35. The quantitative estimate of drug-likeness (QED) is 0.741.